The van der Waals surface area contributed by atoms with Crippen LogP contribution in [0.25, 0.3) is 0 Å². The smallest absolute Gasteiger partial charge is 0.317 e. The SMILES string of the molecule is O=C(O)CN1CCC(c2ccc(NC3CCC(O)NC3O)cc2)CC1. The van der Waals surface area contributed by atoms with E-state index in [1.165, 1.54) is 5.56 Å². The Bertz CT molecular complexity index is 572. The van der Waals surface area contributed by atoms with E-state index in [1.807, 2.05) is 17.0 Å². The summed E-state index contributed by atoms with van der Waals surface area (Å²) in [6, 6.07) is 8.15. The van der Waals surface area contributed by atoms with Crippen LogP contribution in [0.15, 0.2) is 24.3 Å². The molecule has 3 atom stereocenters. The number of benzene rings is 1. The molecule has 2 aliphatic rings. The van der Waals surface area contributed by atoms with Crippen molar-refractivity contribution in [2.75, 3.05) is 25.0 Å². The molecule has 2 fully saturated rings. The largest absolute Gasteiger partial charge is 0.480 e. The van der Waals surface area contributed by atoms with Gasteiger partial charge >= 0.3 is 5.97 Å². The highest BCUT2D eigenvalue weighted by Crippen LogP contribution is 2.29. The van der Waals surface area contributed by atoms with E-state index in [0.29, 0.717) is 18.8 Å². The van der Waals surface area contributed by atoms with Gasteiger partial charge in [0.05, 0.1) is 12.6 Å². The van der Waals surface area contributed by atoms with Gasteiger partial charge in [-0.2, -0.15) is 0 Å². The van der Waals surface area contributed by atoms with Crippen molar-refractivity contribution in [3.63, 3.8) is 0 Å². The molecular formula is C18H27N3O4. The van der Waals surface area contributed by atoms with Gasteiger partial charge in [0.1, 0.15) is 12.5 Å². The van der Waals surface area contributed by atoms with E-state index in [9.17, 15) is 15.0 Å². The summed E-state index contributed by atoms with van der Waals surface area (Å²) >= 11 is 0. The first-order valence-electron chi connectivity index (χ1n) is 8.94. The van der Waals surface area contributed by atoms with Gasteiger partial charge in [-0.1, -0.05) is 12.1 Å². The zero-order valence-electron chi connectivity index (χ0n) is 14.3. The highest BCUT2D eigenvalue weighted by molar-refractivity contribution is 5.69. The standard InChI is InChI=1S/C18H27N3O4/c22-16-6-5-15(18(25)20-16)19-14-3-1-12(2-4-14)13-7-9-21(10-8-13)11-17(23)24/h1-4,13,15-16,18-20,22,25H,5-11H2,(H,23,24). The highest BCUT2D eigenvalue weighted by Gasteiger charge is 2.27. The quantitative estimate of drug-likeness (QED) is 0.534. The summed E-state index contributed by atoms with van der Waals surface area (Å²) in [5.74, 6) is -0.294. The molecule has 0 amide bonds. The fraction of sp³-hybridized carbons (Fsp3) is 0.611. The minimum Gasteiger partial charge on any atom is -0.480 e. The number of carboxylic acids is 1. The van der Waals surface area contributed by atoms with Gasteiger partial charge in [-0.3, -0.25) is 15.0 Å². The number of nitrogens with zero attached hydrogens (tertiary/aromatic N) is 1. The minimum atomic E-state index is -0.763. The summed E-state index contributed by atoms with van der Waals surface area (Å²) in [6.45, 7) is 1.76. The molecule has 2 heterocycles. The molecule has 3 unspecified atom stereocenters. The first kappa shape index (κ1) is 18.1. The van der Waals surface area contributed by atoms with Gasteiger partial charge in [0, 0.05) is 5.69 Å². The summed E-state index contributed by atoms with van der Waals surface area (Å²) in [5.41, 5.74) is 2.23. The maximum Gasteiger partial charge on any atom is 0.317 e. The van der Waals surface area contributed by atoms with Gasteiger partial charge in [-0.25, -0.2) is 0 Å². The normalized spacial score (nSPS) is 28.6. The van der Waals surface area contributed by atoms with Crippen LogP contribution in [0.3, 0.4) is 0 Å². The van der Waals surface area contributed by atoms with Gasteiger partial charge in [-0.05, 0) is 62.4 Å². The van der Waals surface area contributed by atoms with E-state index < -0.39 is 18.4 Å². The molecular weight excluding hydrogens is 322 g/mol. The fourth-order valence-electron chi connectivity index (χ4n) is 3.72. The van der Waals surface area contributed by atoms with E-state index >= 15 is 0 Å². The Morgan fingerprint density at radius 3 is 2.40 bits per heavy atom. The van der Waals surface area contributed by atoms with Gasteiger partial charge in [0.15, 0.2) is 0 Å². The zero-order valence-corrected chi connectivity index (χ0v) is 14.3. The molecule has 7 nitrogen and oxygen atoms in total. The van der Waals surface area contributed by atoms with Gasteiger partial charge in [0.2, 0.25) is 0 Å². The number of carboxylic acid groups (broad SMARTS) is 1. The number of carbonyl (C=O) groups is 1. The number of hydrogen-bond acceptors (Lipinski definition) is 6. The van der Waals surface area contributed by atoms with Crippen LogP contribution in [0.2, 0.25) is 0 Å². The molecule has 2 aliphatic heterocycles. The number of aliphatic carboxylic acids is 1. The molecule has 7 heteroatoms. The Morgan fingerprint density at radius 2 is 1.80 bits per heavy atom. The lowest BCUT2D eigenvalue weighted by atomic mass is 9.89. The number of aliphatic hydroxyl groups is 2. The Hall–Kier alpha value is -1.67. The number of rotatable bonds is 5. The minimum absolute atomic E-state index is 0.117. The molecule has 0 spiro atoms. The summed E-state index contributed by atoms with van der Waals surface area (Å²) in [6.07, 6.45) is 1.87. The third-order valence-electron chi connectivity index (χ3n) is 5.18. The molecule has 2 saturated heterocycles. The predicted octanol–water partition coefficient (Wildman–Crippen LogP) is 0.751. The monoisotopic (exact) mass is 349 g/mol. The fourth-order valence-corrected chi connectivity index (χ4v) is 3.72. The highest BCUT2D eigenvalue weighted by atomic mass is 16.4. The van der Waals surface area contributed by atoms with Gasteiger partial charge in [-0.15, -0.1) is 0 Å². The predicted molar refractivity (Wildman–Crippen MR) is 94.3 cm³/mol. The molecule has 0 bridgehead atoms. The first-order valence-corrected chi connectivity index (χ1v) is 8.94. The second kappa shape index (κ2) is 8.14. The number of anilines is 1. The molecule has 0 aromatic heterocycles. The molecule has 138 valence electrons. The lowest BCUT2D eigenvalue weighted by Crippen LogP contribution is -2.53. The molecule has 0 aliphatic carbocycles. The van der Waals surface area contributed by atoms with Crippen molar-refractivity contribution in [2.45, 2.75) is 50.1 Å². The van der Waals surface area contributed by atoms with Crippen molar-refractivity contribution in [2.24, 2.45) is 0 Å². The van der Waals surface area contributed by atoms with Crippen LogP contribution in [0.1, 0.15) is 37.2 Å². The van der Waals surface area contributed by atoms with Crippen molar-refractivity contribution in [1.29, 1.82) is 0 Å². The summed E-state index contributed by atoms with van der Waals surface area (Å²) in [7, 11) is 0. The Morgan fingerprint density at radius 1 is 1.12 bits per heavy atom. The van der Waals surface area contributed by atoms with Crippen LogP contribution >= 0.6 is 0 Å². The molecule has 0 saturated carbocycles. The maximum absolute atomic E-state index is 10.8. The summed E-state index contributed by atoms with van der Waals surface area (Å²) < 4.78 is 0. The second-order valence-corrected chi connectivity index (χ2v) is 7.02. The summed E-state index contributed by atoms with van der Waals surface area (Å²) in [5, 5.41) is 34.3. The lowest BCUT2D eigenvalue weighted by Gasteiger charge is -2.33. The number of likely N-dealkylation sites (tertiary alicyclic amines) is 1. The van der Waals surface area contributed by atoms with Crippen molar-refractivity contribution in [3.8, 4) is 0 Å². The van der Waals surface area contributed by atoms with Crippen molar-refractivity contribution in [3.05, 3.63) is 29.8 Å². The first-order chi connectivity index (χ1) is 12.0. The van der Waals surface area contributed by atoms with Crippen molar-refractivity contribution >= 4 is 11.7 Å². The molecule has 0 radical (unpaired) electrons. The van der Waals surface area contributed by atoms with E-state index in [4.69, 9.17) is 5.11 Å². The number of hydrogen-bond donors (Lipinski definition) is 5. The third-order valence-corrected chi connectivity index (χ3v) is 5.18. The number of aliphatic hydroxyl groups excluding tert-OH is 2. The molecule has 1 aromatic carbocycles. The topological polar surface area (TPSA) is 105 Å². The van der Waals surface area contributed by atoms with Crippen LogP contribution in [0.5, 0.6) is 0 Å². The van der Waals surface area contributed by atoms with Crippen LogP contribution in [0.4, 0.5) is 5.69 Å². The van der Waals surface area contributed by atoms with E-state index in [-0.39, 0.29) is 12.6 Å². The summed E-state index contributed by atoms with van der Waals surface area (Å²) in [4.78, 5) is 12.8. The van der Waals surface area contributed by atoms with Crippen LogP contribution in [0, 0.1) is 0 Å². The van der Waals surface area contributed by atoms with E-state index in [1.54, 1.807) is 0 Å². The molecule has 25 heavy (non-hydrogen) atoms. The van der Waals surface area contributed by atoms with E-state index in [0.717, 1.165) is 31.6 Å². The number of nitrogens with one attached hydrogen (secondary N) is 2. The maximum atomic E-state index is 10.8. The van der Waals surface area contributed by atoms with Crippen LogP contribution < -0.4 is 10.6 Å². The zero-order chi connectivity index (χ0) is 17.8. The molecule has 1 aromatic rings. The van der Waals surface area contributed by atoms with Crippen LogP contribution in [-0.4, -0.2) is 64.3 Å². The van der Waals surface area contributed by atoms with Gasteiger partial charge < -0.3 is 20.6 Å². The Labute approximate surface area is 147 Å². The second-order valence-electron chi connectivity index (χ2n) is 7.02. The third kappa shape index (κ3) is 4.92. The number of piperidine rings is 2. The average molecular weight is 349 g/mol. The van der Waals surface area contributed by atoms with Crippen molar-refractivity contribution < 1.29 is 20.1 Å². The Kier molecular flexibility index (Phi) is 5.90. The van der Waals surface area contributed by atoms with Crippen LogP contribution in [-0.2, 0) is 4.79 Å². The lowest BCUT2D eigenvalue weighted by molar-refractivity contribution is -0.138. The van der Waals surface area contributed by atoms with Crippen molar-refractivity contribution in [1.82, 2.24) is 10.2 Å². The molecule has 3 rings (SSSR count). The average Bonchev–Trinajstić information content (AvgIpc) is 2.58. The van der Waals surface area contributed by atoms with Gasteiger partial charge in [0.25, 0.3) is 0 Å². The Balaban J connectivity index is 1.52. The van der Waals surface area contributed by atoms with E-state index in [2.05, 4.69) is 22.8 Å². The molecule has 5 N–H and O–H groups in total.